The number of aryl methyl sites for hydroxylation is 1. The molecule has 1 amide bonds. The molecule has 2 aromatic carbocycles. The van der Waals surface area contributed by atoms with Crippen LogP contribution in [0, 0.1) is 12.8 Å². The van der Waals surface area contributed by atoms with Crippen molar-refractivity contribution in [3.05, 3.63) is 69.1 Å². The summed E-state index contributed by atoms with van der Waals surface area (Å²) in [5.74, 6) is 1.36. The fourth-order valence-electron chi connectivity index (χ4n) is 4.91. The van der Waals surface area contributed by atoms with Crippen molar-refractivity contribution in [1.29, 1.82) is 0 Å². The van der Waals surface area contributed by atoms with Crippen LogP contribution in [-0.4, -0.2) is 43.8 Å². The summed E-state index contributed by atoms with van der Waals surface area (Å²) in [4.78, 5) is 29.1. The Hall–Kier alpha value is -3.32. The van der Waals surface area contributed by atoms with Crippen LogP contribution in [0.5, 0.6) is 11.5 Å². The molecule has 2 aliphatic heterocycles. The lowest BCUT2D eigenvalue weighted by Crippen LogP contribution is -2.36. The Labute approximate surface area is 204 Å². The summed E-state index contributed by atoms with van der Waals surface area (Å²) in [5.41, 5.74) is 2.32. The molecule has 7 heteroatoms. The van der Waals surface area contributed by atoms with Gasteiger partial charge in [-0.25, -0.2) is 0 Å². The Balaban J connectivity index is 1.64. The van der Waals surface area contributed by atoms with Gasteiger partial charge in [-0.05, 0) is 55.5 Å². The van der Waals surface area contributed by atoms with Crippen molar-refractivity contribution in [2.75, 3.05) is 26.9 Å². The van der Waals surface area contributed by atoms with E-state index in [1.165, 1.54) is 0 Å². The van der Waals surface area contributed by atoms with Crippen molar-refractivity contribution in [3.63, 3.8) is 0 Å². The van der Waals surface area contributed by atoms with Gasteiger partial charge in [-0.3, -0.25) is 9.59 Å². The molecule has 5 rings (SSSR count). The molecule has 3 heterocycles. The van der Waals surface area contributed by atoms with Crippen LogP contribution >= 0.6 is 0 Å². The Kier molecular flexibility index (Phi) is 6.28. The fourth-order valence-corrected chi connectivity index (χ4v) is 4.91. The molecule has 35 heavy (non-hydrogen) atoms. The number of fused-ring (bicyclic) bond motifs is 2. The van der Waals surface area contributed by atoms with E-state index >= 15 is 0 Å². The summed E-state index contributed by atoms with van der Waals surface area (Å²) in [7, 11) is 1.59. The number of carbonyl (C=O) groups excluding carboxylic acids is 1. The predicted octanol–water partition coefficient (Wildman–Crippen LogP) is 4.87. The maximum Gasteiger partial charge on any atom is 0.291 e. The highest BCUT2D eigenvalue weighted by molar-refractivity contribution is 5.99. The van der Waals surface area contributed by atoms with Crippen LogP contribution in [0.25, 0.3) is 11.0 Å². The van der Waals surface area contributed by atoms with Crippen molar-refractivity contribution in [2.45, 2.75) is 45.8 Å². The Morgan fingerprint density at radius 3 is 2.66 bits per heavy atom. The second-order valence-electron chi connectivity index (χ2n) is 9.78. The van der Waals surface area contributed by atoms with Gasteiger partial charge in [-0.15, -0.1) is 0 Å². The third kappa shape index (κ3) is 4.29. The summed E-state index contributed by atoms with van der Waals surface area (Å²) in [6.07, 6.45) is 1.76. The first-order chi connectivity index (χ1) is 16.9. The van der Waals surface area contributed by atoms with Crippen LogP contribution in [0.1, 0.15) is 60.0 Å². The van der Waals surface area contributed by atoms with Gasteiger partial charge in [0.15, 0.2) is 16.9 Å². The zero-order valence-corrected chi connectivity index (χ0v) is 20.6. The second-order valence-corrected chi connectivity index (χ2v) is 9.78. The quantitative estimate of drug-likeness (QED) is 0.483. The molecule has 2 aliphatic rings. The maximum absolute atomic E-state index is 13.8. The van der Waals surface area contributed by atoms with E-state index < -0.39 is 6.04 Å². The summed E-state index contributed by atoms with van der Waals surface area (Å²) in [6.45, 7) is 7.71. The zero-order valence-electron chi connectivity index (χ0n) is 20.6. The first kappa shape index (κ1) is 23.4. The third-order valence-corrected chi connectivity index (χ3v) is 6.62. The second kappa shape index (κ2) is 9.38. The third-order valence-electron chi connectivity index (χ3n) is 6.62. The minimum atomic E-state index is -0.601. The van der Waals surface area contributed by atoms with Crippen molar-refractivity contribution in [1.82, 2.24) is 4.90 Å². The van der Waals surface area contributed by atoms with Gasteiger partial charge in [-0.2, -0.15) is 0 Å². The minimum absolute atomic E-state index is 0.0712. The van der Waals surface area contributed by atoms with Gasteiger partial charge in [-0.1, -0.05) is 31.5 Å². The molecule has 0 unspecified atom stereocenters. The highest BCUT2D eigenvalue weighted by atomic mass is 16.5. The lowest BCUT2D eigenvalue weighted by Gasteiger charge is -2.28. The Morgan fingerprint density at radius 2 is 1.94 bits per heavy atom. The molecule has 0 bridgehead atoms. The lowest BCUT2D eigenvalue weighted by molar-refractivity contribution is 0.0486. The zero-order chi connectivity index (χ0) is 24.7. The van der Waals surface area contributed by atoms with E-state index in [4.69, 9.17) is 18.6 Å². The largest absolute Gasteiger partial charge is 0.493 e. The van der Waals surface area contributed by atoms with Gasteiger partial charge in [0, 0.05) is 13.2 Å². The monoisotopic (exact) mass is 477 g/mol. The number of hydrogen-bond acceptors (Lipinski definition) is 6. The highest BCUT2D eigenvalue weighted by Crippen LogP contribution is 2.41. The van der Waals surface area contributed by atoms with E-state index in [-0.39, 0.29) is 23.2 Å². The molecule has 1 aromatic heterocycles. The van der Waals surface area contributed by atoms with Gasteiger partial charge in [0.2, 0.25) is 5.76 Å². The fraction of sp³-hybridized carbons (Fsp3) is 0.429. The topological polar surface area (TPSA) is 78.2 Å². The molecule has 2 atom stereocenters. The van der Waals surface area contributed by atoms with Gasteiger partial charge in [0.1, 0.15) is 5.58 Å². The molecular weight excluding hydrogens is 446 g/mol. The SMILES string of the molecule is COc1cc([C@@H]2c3c(oc4ccc(C)cc4c3=O)C(=O)N2C[C@H]2CCCO2)ccc1OCC(C)C. The van der Waals surface area contributed by atoms with Crippen LogP contribution in [0.15, 0.2) is 45.6 Å². The van der Waals surface area contributed by atoms with E-state index in [0.717, 1.165) is 24.0 Å². The molecule has 0 saturated carbocycles. The van der Waals surface area contributed by atoms with Crippen molar-refractivity contribution < 1.29 is 23.4 Å². The number of amides is 1. The van der Waals surface area contributed by atoms with E-state index in [2.05, 4.69) is 13.8 Å². The van der Waals surface area contributed by atoms with Gasteiger partial charge in [0.05, 0.1) is 36.8 Å². The smallest absolute Gasteiger partial charge is 0.291 e. The Bertz CT molecular complexity index is 1320. The van der Waals surface area contributed by atoms with E-state index in [1.54, 1.807) is 18.1 Å². The number of hydrogen-bond donors (Lipinski definition) is 0. The van der Waals surface area contributed by atoms with Gasteiger partial charge < -0.3 is 23.5 Å². The molecule has 0 radical (unpaired) electrons. The first-order valence-electron chi connectivity index (χ1n) is 12.2. The molecule has 7 nitrogen and oxygen atoms in total. The molecule has 184 valence electrons. The van der Waals surface area contributed by atoms with Crippen LogP contribution in [0.2, 0.25) is 0 Å². The standard InChI is InChI=1S/C28H31NO6/c1-16(2)15-34-22-10-8-18(13-23(22)32-4)25-24-26(30)20-12-17(3)7-9-21(20)35-27(24)28(31)29(25)14-19-6-5-11-33-19/h7-10,12-13,16,19,25H,5-6,11,14-15H2,1-4H3/t19-,25-/m1/s1. The summed E-state index contributed by atoms with van der Waals surface area (Å²) >= 11 is 0. The number of carbonyl (C=O) groups is 1. The normalized spacial score (nSPS) is 19.6. The van der Waals surface area contributed by atoms with Crippen LogP contribution < -0.4 is 14.9 Å². The molecule has 1 saturated heterocycles. The van der Waals surface area contributed by atoms with Crippen molar-refractivity contribution in [2.24, 2.45) is 5.92 Å². The molecular formula is C28H31NO6. The first-order valence-corrected chi connectivity index (χ1v) is 12.2. The summed E-state index contributed by atoms with van der Waals surface area (Å²) in [6, 6.07) is 10.4. The van der Waals surface area contributed by atoms with E-state index in [0.29, 0.717) is 53.7 Å². The minimum Gasteiger partial charge on any atom is -0.493 e. The molecule has 0 N–H and O–H groups in total. The molecule has 0 aliphatic carbocycles. The highest BCUT2D eigenvalue weighted by Gasteiger charge is 2.44. The summed E-state index contributed by atoms with van der Waals surface area (Å²) in [5, 5.41) is 0.476. The number of nitrogens with zero attached hydrogens (tertiary/aromatic N) is 1. The molecule has 3 aromatic rings. The lowest BCUT2D eigenvalue weighted by atomic mass is 9.97. The Morgan fingerprint density at radius 1 is 1.11 bits per heavy atom. The van der Waals surface area contributed by atoms with E-state index in [9.17, 15) is 9.59 Å². The molecule has 1 fully saturated rings. The average molecular weight is 478 g/mol. The number of methoxy groups -OCH3 is 1. The van der Waals surface area contributed by atoms with Crippen LogP contribution in [-0.2, 0) is 4.74 Å². The van der Waals surface area contributed by atoms with Crippen LogP contribution in [0.3, 0.4) is 0 Å². The average Bonchev–Trinajstić information content (AvgIpc) is 3.45. The van der Waals surface area contributed by atoms with Gasteiger partial charge >= 0.3 is 0 Å². The number of ether oxygens (including phenoxy) is 3. The van der Waals surface area contributed by atoms with Crippen molar-refractivity contribution >= 4 is 16.9 Å². The van der Waals surface area contributed by atoms with Crippen LogP contribution in [0.4, 0.5) is 0 Å². The summed E-state index contributed by atoms with van der Waals surface area (Å²) < 4.78 is 23.4. The molecule has 0 spiro atoms. The predicted molar refractivity (Wildman–Crippen MR) is 132 cm³/mol. The maximum atomic E-state index is 13.8. The number of benzene rings is 2. The van der Waals surface area contributed by atoms with Crippen molar-refractivity contribution in [3.8, 4) is 11.5 Å². The van der Waals surface area contributed by atoms with E-state index in [1.807, 2.05) is 37.3 Å². The number of rotatable bonds is 7. The van der Waals surface area contributed by atoms with Gasteiger partial charge in [0.25, 0.3) is 5.91 Å².